The van der Waals surface area contributed by atoms with Crippen LogP contribution in [0.15, 0.2) is 18.2 Å². The largest absolute Gasteiger partial charge is 0.396 e. The molecule has 0 radical (unpaired) electrons. The van der Waals surface area contributed by atoms with Gasteiger partial charge in [-0.3, -0.25) is 4.79 Å². The molecule has 4 nitrogen and oxygen atoms in total. The summed E-state index contributed by atoms with van der Waals surface area (Å²) in [7, 11) is 0. The normalized spacial score (nSPS) is 24.1. The van der Waals surface area contributed by atoms with Gasteiger partial charge < -0.3 is 15.7 Å². The second-order valence-corrected chi connectivity index (χ2v) is 5.03. The van der Waals surface area contributed by atoms with Crippen LogP contribution in [-0.4, -0.2) is 34.6 Å². The molecule has 0 spiro atoms. The fraction of sp³-hybridized carbons (Fsp3) is 0.462. The smallest absolute Gasteiger partial charge is 0.256 e. The fourth-order valence-electron chi connectivity index (χ4n) is 2.29. The molecule has 18 heavy (non-hydrogen) atoms. The average Bonchev–Trinajstić information content (AvgIpc) is 2.30. The van der Waals surface area contributed by atoms with Gasteiger partial charge in [-0.05, 0) is 31.9 Å². The number of aliphatic hydroxyl groups is 1. The van der Waals surface area contributed by atoms with E-state index in [4.69, 9.17) is 5.73 Å². The Morgan fingerprint density at radius 1 is 1.56 bits per heavy atom. The molecule has 1 aliphatic rings. The van der Waals surface area contributed by atoms with Crippen LogP contribution in [-0.2, 0) is 0 Å². The van der Waals surface area contributed by atoms with Crippen molar-refractivity contribution in [2.24, 2.45) is 0 Å². The van der Waals surface area contributed by atoms with E-state index in [1.54, 1.807) is 6.92 Å². The molecule has 1 amide bonds. The predicted molar refractivity (Wildman–Crippen MR) is 66.6 cm³/mol. The lowest BCUT2D eigenvalue weighted by Gasteiger charge is -2.37. The first-order valence-electron chi connectivity index (χ1n) is 5.96. The maximum atomic E-state index is 13.3. The Morgan fingerprint density at radius 3 is 2.94 bits per heavy atom. The Balaban J connectivity index is 2.23. The average molecular weight is 252 g/mol. The Labute approximate surface area is 105 Å². The van der Waals surface area contributed by atoms with Crippen LogP contribution >= 0.6 is 0 Å². The van der Waals surface area contributed by atoms with Crippen molar-refractivity contribution in [1.29, 1.82) is 0 Å². The Bertz CT molecular complexity index is 474. The zero-order chi connectivity index (χ0) is 13.3. The lowest BCUT2D eigenvalue weighted by molar-refractivity contribution is -0.0107. The number of hydrogen-bond acceptors (Lipinski definition) is 3. The molecule has 0 bridgehead atoms. The number of nitrogens with two attached hydrogens (primary N) is 1. The van der Waals surface area contributed by atoms with Crippen molar-refractivity contribution < 1.29 is 14.3 Å². The Kier molecular flexibility index (Phi) is 3.26. The van der Waals surface area contributed by atoms with E-state index >= 15 is 0 Å². The number of piperidine rings is 1. The molecule has 1 aromatic carbocycles. The van der Waals surface area contributed by atoms with Gasteiger partial charge in [-0.1, -0.05) is 6.07 Å². The van der Waals surface area contributed by atoms with Gasteiger partial charge >= 0.3 is 0 Å². The molecule has 1 aromatic rings. The van der Waals surface area contributed by atoms with Crippen LogP contribution in [0.1, 0.15) is 30.1 Å². The summed E-state index contributed by atoms with van der Waals surface area (Å²) in [6.07, 6.45) is 1.39. The van der Waals surface area contributed by atoms with E-state index < -0.39 is 11.4 Å². The van der Waals surface area contributed by atoms with Gasteiger partial charge in [0.1, 0.15) is 5.82 Å². The third-order valence-electron chi connectivity index (χ3n) is 3.25. The van der Waals surface area contributed by atoms with E-state index in [0.29, 0.717) is 13.0 Å². The minimum absolute atomic E-state index is 0.132. The van der Waals surface area contributed by atoms with Gasteiger partial charge in [-0.15, -0.1) is 0 Å². The number of benzene rings is 1. The molecule has 1 saturated heterocycles. The highest BCUT2D eigenvalue weighted by atomic mass is 19.1. The second kappa shape index (κ2) is 4.57. The van der Waals surface area contributed by atoms with Crippen LogP contribution in [0.5, 0.6) is 0 Å². The summed E-state index contributed by atoms with van der Waals surface area (Å²) >= 11 is 0. The van der Waals surface area contributed by atoms with Crippen molar-refractivity contribution in [2.75, 3.05) is 18.8 Å². The topological polar surface area (TPSA) is 66.6 Å². The number of nitrogens with zero attached hydrogens (tertiary/aromatic N) is 1. The van der Waals surface area contributed by atoms with Gasteiger partial charge in [-0.25, -0.2) is 4.39 Å². The van der Waals surface area contributed by atoms with E-state index in [1.807, 2.05) is 0 Å². The third-order valence-corrected chi connectivity index (χ3v) is 3.25. The van der Waals surface area contributed by atoms with Crippen molar-refractivity contribution in [1.82, 2.24) is 4.90 Å². The minimum atomic E-state index is -0.879. The number of β-amino-alcohol motifs (C(OH)–C–C–N with tert-alkyl or cyclic N) is 1. The summed E-state index contributed by atoms with van der Waals surface area (Å²) in [6.45, 7) is 2.51. The molecule has 1 atom stereocenters. The number of halogens is 1. The fourth-order valence-corrected chi connectivity index (χ4v) is 2.29. The van der Waals surface area contributed by atoms with Crippen LogP contribution in [0.4, 0.5) is 10.1 Å². The monoisotopic (exact) mass is 252 g/mol. The number of carbonyl (C=O) groups is 1. The maximum Gasteiger partial charge on any atom is 0.256 e. The molecule has 2 rings (SSSR count). The standard InChI is InChI=1S/C13H17FN2O2/c1-13(18)6-3-7-16(8-13)12(17)9-4-2-5-10(14)11(9)15/h2,4-5,18H,3,6-8,15H2,1H3. The molecule has 0 aliphatic carbocycles. The number of nitrogen functional groups attached to an aromatic ring is 1. The summed E-state index contributed by atoms with van der Waals surface area (Å²) in [5.74, 6) is -0.920. The quantitative estimate of drug-likeness (QED) is 0.742. The number of hydrogen-bond donors (Lipinski definition) is 2. The van der Waals surface area contributed by atoms with Gasteiger partial charge in [0.15, 0.2) is 0 Å². The summed E-state index contributed by atoms with van der Waals surface area (Å²) in [5, 5.41) is 9.97. The van der Waals surface area contributed by atoms with Gasteiger partial charge in [0.05, 0.1) is 16.9 Å². The molecule has 98 valence electrons. The number of rotatable bonds is 1. The molecule has 0 aromatic heterocycles. The Morgan fingerprint density at radius 2 is 2.28 bits per heavy atom. The lowest BCUT2D eigenvalue weighted by Crippen LogP contribution is -2.48. The molecular weight excluding hydrogens is 235 g/mol. The highest BCUT2D eigenvalue weighted by molar-refractivity contribution is 5.99. The first-order chi connectivity index (χ1) is 8.41. The van der Waals surface area contributed by atoms with Crippen LogP contribution in [0.3, 0.4) is 0 Å². The highest BCUT2D eigenvalue weighted by Gasteiger charge is 2.32. The summed E-state index contributed by atoms with van der Waals surface area (Å²) in [4.78, 5) is 13.8. The number of anilines is 1. The third kappa shape index (κ3) is 2.46. The van der Waals surface area contributed by atoms with Crippen molar-refractivity contribution in [3.05, 3.63) is 29.6 Å². The molecule has 1 fully saturated rings. The molecule has 0 saturated carbocycles. The number of amides is 1. The summed E-state index contributed by atoms with van der Waals surface area (Å²) < 4.78 is 13.3. The van der Waals surface area contributed by atoms with Crippen molar-refractivity contribution >= 4 is 11.6 Å². The van der Waals surface area contributed by atoms with Crippen molar-refractivity contribution in [3.8, 4) is 0 Å². The van der Waals surface area contributed by atoms with E-state index in [-0.39, 0.29) is 23.7 Å². The van der Waals surface area contributed by atoms with E-state index in [1.165, 1.54) is 23.1 Å². The van der Waals surface area contributed by atoms with E-state index in [9.17, 15) is 14.3 Å². The SMILES string of the molecule is CC1(O)CCCN(C(=O)c2cccc(F)c2N)C1. The van der Waals surface area contributed by atoms with Gasteiger partial charge in [0.2, 0.25) is 0 Å². The lowest BCUT2D eigenvalue weighted by atomic mass is 9.94. The molecule has 1 heterocycles. The maximum absolute atomic E-state index is 13.3. The zero-order valence-corrected chi connectivity index (χ0v) is 10.3. The number of carbonyl (C=O) groups excluding carboxylic acids is 1. The van der Waals surface area contributed by atoms with Crippen molar-refractivity contribution in [3.63, 3.8) is 0 Å². The molecular formula is C13H17FN2O2. The molecule has 5 heteroatoms. The van der Waals surface area contributed by atoms with E-state index in [0.717, 1.165) is 6.42 Å². The highest BCUT2D eigenvalue weighted by Crippen LogP contribution is 2.24. The van der Waals surface area contributed by atoms with Gasteiger partial charge in [0, 0.05) is 13.1 Å². The minimum Gasteiger partial charge on any atom is -0.396 e. The van der Waals surface area contributed by atoms with Gasteiger partial charge in [-0.2, -0.15) is 0 Å². The number of likely N-dealkylation sites (tertiary alicyclic amines) is 1. The second-order valence-electron chi connectivity index (χ2n) is 5.03. The summed E-state index contributed by atoms with van der Waals surface area (Å²) in [6, 6.07) is 4.18. The van der Waals surface area contributed by atoms with Crippen LogP contribution in [0.2, 0.25) is 0 Å². The van der Waals surface area contributed by atoms with Crippen LogP contribution in [0, 0.1) is 5.82 Å². The molecule has 3 N–H and O–H groups in total. The van der Waals surface area contributed by atoms with Crippen molar-refractivity contribution in [2.45, 2.75) is 25.4 Å². The first-order valence-corrected chi connectivity index (χ1v) is 5.96. The van der Waals surface area contributed by atoms with Crippen LogP contribution < -0.4 is 5.73 Å². The van der Waals surface area contributed by atoms with E-state index in [2.05, 4.69) is 0 Å². The summed E-state index contributed by atoms with van der Waals surface area (Å²) in [5.41, 5.74) is 4.72. The molecule has 1 unspecified atom stereocenters. The predicted octanol–water partition coefficient (Wildman–Crippen LogP) is 1.39. The number of para-hydroxylation sites is 1. The van der Waals surface area contributed by atoms with Crippen LogP contribution in [0.25, 0.3) is 0 Å². The first kappa shape index (κ1) is 12.8. The Hall–Kier alpha value is -1.62. The molecule has 1 aliphatic heterocycles. The zero-order valence-electron chi connectivity index (χ0n) is 10.3. The van der Waals surface area contributed by atoms with Gasteiger partial charge in [0.25, 0.3) is 5.91 Å².